The summed E-state index contributed by atoms with van der Waals surface area (Å²) in [4.78, 5) is 23.3. The molecule has 1 N–H and O–H groups in total. The summed E-state index contributed by atoms with van der Waals surface area (Å²) in [5.41, 5.74) is -0.293. The SMILES string of the molecule is CCOC(=O)C(O)=C1C(=O)C(C)(C)C[C@@H]1C. The van der Waals surface area contributed by atoms with Crippen molar-refractivity contribution in [1.82, 2.24) is 0 Å². The first-order chi connectivity index (χ1) is 7.31. The summed E-state index contributed by atoms with van der Waals surface area (Å²) in [5.74, 6) is -1.60. The molecule has 0 radical (unpaired) electrons. The van der Waals surface area contributed by atoms with E-state index in [1.165, 1.54) is 0 Å². The van der Waals surface area contributed by atoms with Crippen LogP contribution in [0.4, 0.5) is 0 Å². The van der Waals surface area contributed by atoms with Crippen molar-refractivity contribution in [2.45, 2.75) is 34.1 Å². The van der Waals surface area contributed by atoms with Crippen LogP contribution < -0.4 is 0 Å². The van der Waals surface area contributed by atoms with Crippen molar-refractivity contribution in [3.8, 4) is 0 Å². The van der Waals surface area contributed by atoms with Crippen LogP contribution in [0.3, 0.4) is 0 Å². The van der Waals surface area contributed by atoms with Gasteiger partial charge in [0, 0.05) is 11.0 Å². The Kier molecular flexibility index (Phi) is 3.41. The Morgan fingerprint density at radius 2 is 2.12 bits per heavy atom. The molecule has 1 rings (SSSR count). The van der Waals surface area contributed by atoms with E-state index in [9.17, 15) is 14.7 Å². The molecule has 0 unspecified atom stereocenters. The number of carbonyl (C=O) groups is 2. The van der Waals surface area contributed by atoms with E-state index in [4.69, 9.17) is 0 Å². The lowest BCUT2D eigenvalue weighted by atomic mass is 9.90. The second-order valence-electron chi connectivity index (χ2n) is 4.80. The van der Waals surface area contributed by atoms with Gasteiger partial charge in [-0.3, -0.25) is 4.79 Å². The smallest absolute Gasteiger partial charge is 0.373 e. The van der Waals surface area contributed by atoms with Crippen LogP contribution in [0.15, 0.2) is 11.3 Å². The maximum absolute atomic E-state index is 12.0. The molecule has 16 heavy (non-hydrogen) atoms. The molecule has 1 fully saturated rings. The third-order valence-electron chi connectivity index (χ3n) is 2.89. The van der Waals surface area contributed by atoms with Gasteiger partial charge in [0.25, 0.3) is 0 Å². The van der Waals surface area contributed by atoms with Crippen molar-refractivity contribution in [1.29, 1.82) is 0 Å². The summed E-state index contributed by atoms with van der Waals surface area (Å²) in [6.45, 7) is 7.30. The third kappa shape index (κ3) is 2.10. The standard InChI is InChI=1S/C12H18O4/c1-5-16-11(15)9(13)8-7(2)6-12(3,4)10(8)14/h7,13H,5-6H2,1-4H3/t7-/m0/s1. The zero-order valence-electron chi connectivity index (χ0n) is 10.2. The number of rotatable bonds is 2. The highest BCUT2D eigenvalue weighted by Gasteiger charge is 2.44. The van der Waals surface area contributed by atoms with Crippen LogP contribution in [0.5, 0.6) is 0 Å². The summed E-state index contributed by atoms with van der Waals surface area (Å²) in [6, 6.07) is 0. The first-order valence-corrected chi connectivity index (χ1v) is 5.46. The molecular formula is C12H18O4. The number of esters is 1. The van der Waals surface area contributed by atoms with Crippen molar-refractivity contribution in [3.63, 3.8) is 0 Å². The quantitative estimate of drug-likeness (QED) is 0.444. The zero-order chi connectivity index (χ0) is 12.5. The van der Waals surface area contributed by atoms with Crippen LogP contribution in [0.2, 0.25) is 0 Å². The fourth-order valence-corrected chi connectivity index (χ4v) is 2.20. The molecule has 0 aromatic rings. The number of aliphatic hydroxyl groups excluding tert-OH is 1. The van der Waals surface area contributed by atoms with E-state index >= 15 is 0 Å². The molecule has 4 heteroatoms. The summed E-state index contributed by atoms with van der Waals surface area (Å²) in [5, 5.41) is 9.71. The van der Waals surface area contributed by atoms with Gasteiger partial charge in [0.1, 0.15) is 0 Å². The largest absolute Gasteiger partial charge is 0.502 e. The van der Waals surface area contributed by atoms with E-state index < -0.39 is 17.1 Å². The molecule has 1 aliphatic rings. The van der Waals surface area contributed by atoms with Gasteiger partial charge in [0.2, 0.25) is 5.76 Å². The van der Waals surface area contributed by atoms with Crippen LogP contribution in [-0.2, 0) is 14.3 Å². The summed E-state index contributed by atoms with van der Waals surface area (Å²) in [7, 11) is 0. The molecule has 1 atom stereocenters. The molecule has 90 valence electrons. The summed E-state index contributed by atoms with van der Waals surface area (Å²) >= 11 is 0. The van der Waals surface area contributed by atoms with Gasteiger partial charge in [0.15, 0.2) is 5.78 Å². The molecule has 0 amide bonds. The lowest BCUT2D eigenvalue weighted by molar-refractivity contribution is -0.142. The number of allylic oxidation sites excluding steroid dienone is 1. The molecular weight excluding hydrogens is 208 g/mol. The predicted molar refractivity (Wildman–Crippen MR) is 58.9 cm³/mol. The predicted octanol–water partition coefficient (Wildman–Crippen LogP) is 2.00. The molecule has 4 nitrogen and oxygen atoms in total. The van der Waals surface area contributed by atoms with E-state index in [-0.39, 0.29) is 23.9 Å². The van der Waals surface area contributed by atoms with Gasteiger partial charge in [-0.1, -0.05) is 20.8 Å². The number of aliphatic hydroxyl groups is 1. The number of hydrogen-bond donors (Lipinski definition) is 1. The monoisotopic (exact) mass is 226 g/mol. The second-order valence-corrected chi connectivity index (χ2v) is 4.80. The van der Waals surface area contributed by atoms with E-state index in [1.54, 1.807) is 6.92 Å². The highest BCUT2D eigenvalue weighted by Crippen LogP contribution is 2.42. The fourth-order valence-electron chi connectivity index (χ4n) is 2.20. The minimum absolute atomic E-state index is 0.105. The average molecular weight is 226 g/mol. The maximum Gasteiger partial charge on any atom is 0.373 e. The fraction of sp³-hybridized carbons (Fsp3) is 0.667. The Morgan fingerprint density at radius 1 is 1.56 bits per heavy atom. The van der Waals surface area contributed by atoms with Crippen molar-refractivity contribution in [3.05, 3.63) is 11.3 Å². The van der Waals surface area contributed by atoms with Gasteiger partial charge in [-0.25, -0.2) is 4.79 Å². The first kappa shape index (κ1) is 12.7. The minimum Gasteiger partial charge on any atom is -0.502 e. The number of hydrogen-bond acceptors (Lipinski definition) is 4. The zero-order valence-corrected chi connectivity index (χ0v) is 10.2. The number of carbonyl (C=O) groups excluding carboxylic acids is 2. The van der Waals surface area contributed by atoms with Crippen LogP contribution in [-0.4, -0.2) is 23.5 Å². The molecule has 0 spiro atoms. The van der Waals surface area contributed by atoms with Crippen molar-refractivity contribution in [2.24, 2.45) is 11.3 Å². The highest BCUT2D eigenvalue weighted by atomic mass is 16.5. The van der Waals surface area contributed by atoms with Crippen LogP contribution in [0.25, 0.3) is 0 Å². The molecule has 0 saturated heterocycles. The Bertz CT molecular complexity index is 352. The molecule has 1 aliphatic carbocycles. The molecule has 0 aromatic carbocycles. The first-order valence-electron chi connectivity index (χ1n) is 5.46. The topological polar surface area (TPSA) is 63.6 Å². The van der Waals surface area contributed by atoms with Gasteiger partial charge in [-0.05, 0) is 19.3 Å². The highest BCUT2D eigenvalue weighted by molar-refractivity contribution is 6.07. The Labute approximate surface area is 95.3 Å². The number of ketones is 1. The maximum atomic E-state index is 12.0. The van der Waals surface area contributed by atoms with E-state index in [0.717, 1.165) is 0 Å². The third-order valence-corrected chi connectivity index (χ3v) is 2.89. The molecule has 1 saturated carbocycles. The van der Waals surface area contributed by atoms with Crippen molar-refractivity contribution >= 4 is 11.8 Å². The molecule has 0 heterocycles. The lowest BCUT2D eigenvalue weighted by Gasteiger charge is -2.13. The Hall–Kier alpha value is -1.32. The van der Waals surface area contributed by atoms with Gasteiger partial charge < -0.3 is 9.84 Å². The summed E-state index contributed by atoms with van der Waals surface area (Å²) < 4.78 is 4.68. The van der Waals surface area contributed by atoms with Crippen LogP contribution in [0.1, 0.15) is 34.1 Å². The second kappa shape index (κ2) is 4.28. The normalized spacial score (nSPS) is 26.8. The van der Waals surface area contributed by atoms with Crippen LogP contribution in [0, 0.1) is 11.3 Å². The lowest BCUT2D eigenvalue weighted by Crippen LogP contribution is -2.20. The number of ether oxygens (including phenoxy) is 1. The van der Waals surface area contributed by atoms with Gasteiger partial charge in [-0.15, -0.1) is 0 Å². The molecule has 0 aromatic heterocycles. The Morgan fingerprint density at radius 3 is 2.50 bits per heavy atom. The number of Topliss-reactive ketones (excluding diaryl/α,β-unsaturated/α-hetero) is 1. The van der Waals surface area contributed by atoms with E-state index in [1.807, 2.05) is 20.8 Å². The van der Waals surface area contributed by atoms with Gasteiger partial charge in [0.05, 0.1) is 6.61 Å². The van der Waals surface area contributed by atoms with Crippen LogP contribution >= 0.6 is 0 Å². The minimum atomic E-state index is -0.810. The average Bonchev–Trinajstić information content (AvgIpc) is 2.36. The molecule has 0 bridgehead atoms. The Balaban J connectivity index is 3.08. The molecule has 0 aliphatic heterocycles. The van der Waals surface area contributed by atoms with Gasteiger partial charge in [-0.2, -0.15) is 0 Å². The summed E-state index contributed by atoms with van der Waals surface area (Å²) in [6.07, 6.45) is 0.643. The van der Waals surface area contributed by atoms with E-state index in [2.05, 4.69) is 4.74 Å². The van der Waals surface area contributed by atoms with E-state index in [0.29, 0.717) is 6.42 Å². The van der Waals surface area contributed by atoms with Crippen molar-refractivity contribution in [2.75, 3.05) is 6.61 Å². The van der Waals surface area contributed by atoms with Gasteiger partial charge >= 0.3 is 5.97 Å². The van der Waals surface area contributed by atoms with Crippen molar-refractivity contribution < 1.29 is 19.4 Å².